The lowest BCUT2D eigenvalue weighted by Crippen LogP contribution is -2.46. The molecule has 1 fully saturated rings. The molecule has 0 aromatic heterocycles. The van der Waals surface area contributed by atoms with Gasteiger partial charge in [0, 0.05) is 32.6 Å². The van der Waals surface area contributed by atoms with Crippen LogP contribution in [0.4, 0.5) is 0 Å². The molecule has 0 spiro atoms. The van der Waals surface area contributed by atoms with Crippen molar-refractivity contribution in [2.45, 2.75) is 26.2 Å². The number of ether oxygens (including phenoxy) is 3. The first-order chi connectivity index (χ1) is 13.2. The molecule has 1 aromatic carbocycles. The van der Waals surface area contributed by atoms with E-state index in [1.807, 2.05) is 24.3 Å². The van der Waals surface area contributed by atoms with Crippen molar-refractivity contribution >= 4 is 35.9 Å². The van der Waals surface area contributed by atoms with Gasteiger partial charge in [-0.15, -0.1) is 24.0 Å². The Morgan fingerprint density at radius 1 is 1.18 bits per heavy atom. The SMILES string of the molecule is CCNC(=NCCCOc1ccc(OC)cc1)N1CCC(C(=O)OC)CC1.I. The van der Waals surface area contributed by atoms with E-state index in [0.717, 1.165) is 56.4 Å². The summed E-state index contributed by atoms with van der Waals surface area (Å²) in [5, 5.41) is 3.34. The summed E-state index contributed by atoms with van der Waals surface area (Å²) in [6, 6.07) is 7.57. The smallest absolute Gasteiger partial charge is 0.308 e. The molecule has 0 aliphatic carbocycles. The Hall–Kier alpha value is -1.71. The molecular formula is C20H32IN3O4. The van der Waals surface area contributed by atoms with E-state index in [9.17, 15) is 4.79 Å². The largest absolute Gasteiger partial charge is 0.497 e. The predicted molar refractivity (Wildman–Crippen MR) is 121 cm³/mol. The van der Waals surface area contributed by atoms with Crippen LogP contribution in [0.25, 0.3) is 0 Å². The number of nitrogens with one attached hydrogen (secondary N) is 1. The van der Waals surface area contributed by atoms with Gasteiger partial charge in [-0.2, -0.15) is 0 Å². The fourth-order valence-corrected chi connectivity index (χ4v) is 3.03. The molecule has 0 bridgehead atoms. The minimum Gasteiger partial charge on any atom is -0.497 e. The molecule has 8 heteroatoms. The lowest BCUT2D eigenvalue weighted by Gasteiger charge is -2.33. The van der Waals surface area contributed by atoms with Crippen molar-refractivity contribution in [2.75, 3.05) is 47.0 Å². The minimum atomic E-state index is -0.104. The average Bonchev–Trinajstić information content (AvgIpc) is 2.72. The molecule has 1 heterocycles. The fourth-order valence-electron chi connectivity index (χ4n) is 3.03. The molecule has 0 amide bonds. The Morgan fingerprint density at radius 2 is 1.82 bits per heavy atom. The Balaban J connectivity index is 0.00000392. The Morgan fingerprint density at radius 3 is 2.39 bits per heavy atom. The molecule has 0 saturated carbocycles. The summed E-state index contributed by atoms with van der Waals surface area (Å²) in [7, 11) is 3.10. The predicted octanol–water partition coefficient (Wildman–Crippen LogP) is 2.93. The van der Waals surface area contributed by atoms with Crippen LogP contribution in [0.3, 0.4) is 0 Å². The van der Waals surface area contributed by atoms with E-state index >= 15 is 0 Å². The van der Waals surface area contributed by atoms with Gasteiger partial charge >= 0.3 is 5.97 Å². The van der Waals surface area contributed by atoms with Gasteiger partial charge in [0.05, 0.1) is 26.7 Å². The number of piperidine rings is 1. The third-order valence-corrected chi connectivity index (χ3v) is 4.56. The maximum atomic E-state index is 11.7. The van der Waals surface area contributed by atoms with Crippen LogP contribution >= 0.6 is 24.0 Å². The van der Waals surface area contributed by atoms with Crippen molar-refractivity contribution in [1.29, 1.82) is 0 Å². The molecule has 1 N–H and O–H groups in total. The monoisotopic (exact) mass is 505 g/mol. The van der Waals surface area contributed by atoms with Gasteiger partial charge in [-0.05, 0) is 44.0 Å². The molecule has 158 valence electrons. The molecule has 7 nitrogen and oxygen atoms in total. The second-order valence-electron chi connectivity index (χ2n) is 6.40. The van der Waals surface area contributed by atoms with Gasteiger partial charge in [0.25, 0.3) is 0 Å². The van der Waals surface area contributed by atoms with Gasteiger partial charge in [-0.3, -0.25) is 9.79 Å². The topological polar surface area (TPSA) is 72.4 Å². The lowest BCUT2D eigenvalue weighted by atomic mass is 9.97. The number of methoxy groups -OCH3 is 2. The van der Waals surface area contributed by atoms with Crippen molar-refractivity contribution in [3.63, 3.8) is 0 Å². The van der Waals surface area contributed by atoms with Gasteiger partial charge in [-0.25, -0.2) is 0 Å². The standard InChI is InChI=1S/C20H31N3O4.HI/c1-4-21-20(23-13-10-16(11-14-23)19(24)26-3)22-12-5-15-27-18-8-6-17(25-2)7-9-18;/h6-9,16H,4-5,10-15H2,1-3H3,(H,21,22);1H. The van der Waals surface area contributed by atoms with Crippen LogP contribution in [-0.4, -0.2) is 63.8 Å². The molecule has 1 aromatic rings. The normalized spacial score (nSPS) is 14.8. The first-order valence-electron chi connectivity index (χ1n) is 9.55. The molecule has 1 aliphatic rings. The van der Waals surface area contributed by atoms with Crippen molar-refractivity contribution in [2.24, 2.45) is 10.9 Å². The molecule has 0 atom stereocenters. The number of halogens is 1. The maximum absolute atomic E-state index is 11.7. The molecule has 2 rings (SSSR count). The van der Waals surface area contributed by atoms with Crippen molar-refractivity contribution in [3.05, 3.63) is 24.3 Å². The van der Waals surface area contributed by atoms with Crippen molar-refractivity contribution < 1.29 is 19.0 Å². The van der Waals surface area contributed by atoms with Gasteiger partial charge in [0.1, 0.15) is 11.5 Å². The second kappa shape index (κ2) is 13.5. The van der Waals surface area contributed by atoms with Crippen LogP contribution in [0.2, 0.25) is 0 Å². The van der Waals surface area contributed by atoms with Crippen molar-refractivity contribution in [1.82, 2.24) is 10.2 Å². The summed E-state index contributed by atoms with van der Waals surface area (Å²) in [4.78, 5) is 18.6. The van der Waals surface area contributed by atoms with E-state index in [0.29, 0.717) is 13.2 Å². The first kappa shape index (κ1) is 24.3. The van der Waals surface area contributed by atoms with Crippen LogP contribution in [0.1, 0.15) is 26.2 Å². The van der Waals surface area contributed by atoms with Crippen LogP contribution in [0.5, 0.6) is 11.5 Å². The van der Waals surface area contributed by atoms with Crippen molar-refractivity contribution in [3.8, 4) is 11.5 Å². The summed E-state index contributed by atoms with van der Waals surface area (Å²) in [5.41, 5.74) is 0. The summed E-state index contributed by atoms with van der Waals surface area (Å²) in [6.45, 7) is 5.80. The highest BCUT2D eigenvalue weighted by molar-refractivity contribution is 14.0. The lowest BCUT2D eigenvalue weighted by molar-refractivity contribution is -0.146. The number of carbonyl (C=O) groups is 1. The van der Waals surface area contributed by atoms with Gasteiger partial charge in [0.15, 0.2) is 5.96 Å². The molecule has 1 aliphatic heterocycles. The average molecular weight is 505 g/mol. The third kappa shape index (κ3) is 7.73. The number of rotatable bonds is 8. The van der Waals surface area contributed by atoms with E-state index in [2.05, 4.69) is 17.1 Å². The number of carbonyl (C=O) groups excluding carboxylic acids is 1. The minimum absolute atomic E-state index is 0. The van der Waals surface area contributed by atoms with Crippen LogP contribution < -0.4 is 14.8 Å². The summed E-state index contributed by atoms with van der Waals surface area (Å²) in [5.74, 6) is 2.46. The van der Waals surface area contributed by atoms with Gasteiger partial charge < -0.3 is 24.4 Å². The second-order valence-corrected chi connectivity index (χ2v) is 6.40. The Kier molecular flexibility index (Phi) is 11.7. The number of hydrogen-bond acceptors (Lipinski definition) is 5. The zero-order chi connectivity index (χ0) is 19.5. The number of nitrogens with zero attached hydrogens (tertiary/aromatic N) is 2. The first-order valence-corrected chi connectivity index (χ1v) is 9.55. The van der Waals surface area contributed by atoms with Crippen LogP contribution in [0, 0.1) is 5.92 Å². The van der Waals surface area contributed by atoms with E-state index in [-0.39, 0.29) is 35.9 Å². The highest BCUT2D eigenvalue weighted by atomic mass is 127. The van der Waals surface area contributed by atoms with Gasteiger partial charge in [0.2, 0.25) is 0 Å². The maximum Gasteiger partial charge on any atom is 0.308 e. The van der Waals surface area contributed by atoms with E-state index in [4.69, 9.17) is 19.2 Å². The number of aliphatic imine (C=N–C) groups is 1. The molecule has 0 unspecified atom stereocenters. The number of guanidine groups is 1. The molecule has 1 saturated heterocycles. The third-order valence-electron chi connectivity index (χ3n) is 4.56. The van der Waals surface area contributed by atoms with E-state index in [1.54, 1.807) is 7.11 Å². The van der Waals surface area contributed by atoms with Crippen LogP contribution in [-0.2, 0) is 9.53 Å². The number of esters is 1. The zero-order valence-corrected chi connectivity index (χ0v) is 19.3. The van der Waals surface area contributed by atoms with E-state index < -0.39 is 0 Å². The highest BCUT2D eigenvalue weighted by Gasteiger charge is 2.26. The number of benzene rings is 1. The quantitative estimate of drug-likeness (QED) is 0.193. The highest BCUT2D eigenvalue weighted by Crippen LogP contribution is 2.19. The fraction of sp³-hybridized carbons (Fsp3) is 0.600. The number of likely N-dealkylation sites (tertiary alicyclic amines) is 1. The Labute approximate surface area is 184 Å². The zero-order valence-electron chi connectivity index (χ0n) is 17.0. The molecule has 28 heavy (non-hydrogen) atoms. The molecular weight excluding hydrogens is 473 g/mol. The van der Waals surface area contributed by atoms with Gasteiger partial charge in [-0.1, -0.05) is 0 Å². The number of hydrogen-bond donors (Lipinski definition) is 1. The Bertz CT molecular complexity index is 602. The summed E-state index contributed by atoms with van der Waals surface area (Å²) < 4.78 is 15.7. The summed E-state index contributed by atoms with van der Waals surface area (Å²) >= 11 is 0. The summed E-state index contributed by atoms with van der Waals surface area (Å²) in [6.07, 6.45) is 2.44. The van der Waals surface area contributed by atoms with E-state index in [1.165, 1.54) is 7.11 Å². The van der Waals surface area contributed by atoms with Crippen LogP contribution in [0.15, 0.2) is 29.3 Å². The molecule has 0 radical (unpaired) electrons.